The minimum Gasteiger partial charge on any atom is -0.495 e. The van der Waals surface area contributed by atoms with Crippen LogP contribution in [-0.2, 0) is 21.2 Å². The summed E-state index contributed by atoms with van der Waals surface area (Å²) in [6.07, 6.45) is 0.814. The average Bonchev–Trinajstić information content (AvgIpc) is 2.62. The smallest absolute Gasteiger partial charge is 0.262 e. The summed E-state index contributed by atoms with van der Waals surface area (Å²) in [7, 11) is -1.02. The van der Waals surface area contributed by atoms with E-state index >= 15 is 0 Å². The molecule has 1 aliphatic heterocycles. The Kier molecular flexibility index (Phi) is 4.97. The monoisotopic (exact) mass is 396 g/mol. The average molecular weight is 397 g/mol. The molecule has 0 unspecified atom stereocenters. The van der Waals surface area contributed by atoms with Crippen LogP contribution in [0.15, 0.2) is 35.2 Å². The van der Waals surface area contributed by atoms with Gasteiger partial charge < -0.3 is 14.8 Å². The number of hydrogen-bond acceptors (Lipinski definition) is 5. The maximum atomic E-state index is 12.8. The van der Waals surface area contributed by atoms with E-state index in [0.29, 0.717) is 29.3 Å². The lowest BCUT2D eigenvalue weighted by Gasteiger charge is -2.18. The first-order valence-electron chi connectivity index (χ1n) is 7.71. The van der Waals surface area contributed by atoms with Gasteiger partial charge in [-0.3, -0.25) is 9.52 Å². The molecule has 1 aliphatic rings. The Morgan fingerprint density at radius 1 is 1.08 bits per heavy atom. The van der Waals surface area contributed by atoms with Gasteiger partial charge in [0.15, 0.2) is 0 Å². The van der Waals surface area contributed by atoms with E-state index < -0.39 is 10.0 Å². The minimum absolute atomic E-state index is 0.0794. The lowest BCUT2D eigenvalue weighted by molar-refractivity contribution is -0.116. The van der Waals surface area contributed by atoms with Crippen molar-refractivity contribution in [3.05, 3.63) is 40.9 Å². The molecule has 26 heavy (non-hydrogen) atoms. The number of anilines is 2. The van der Waals surface area contributed by atoms with E-state index in [2.05, 4.69) is 10.0 Å². The van der Waals surface area contributed by atoms with Gasteiger partial charge in [0.2, 0.25) is 5.91 Å². The molecule has 2 N–H and O–H groups in total. The van der Waals surface area contributed by atoms with Crippen LogP contribution in [0.4, 0.5) is 11.4 Å². The number of amides is 1. The number of carbonyl (C=O) groups is 1. The Labute approximate surface area is 156 Å². The number of nitrogens with one attached hydrogen (secondary N) is 2. The summed E-state index contributed by atoms with van der Waals surface area (Å²) in [6.45, 7) is 0. The summed E-state index contributed by atoms with van der Waals surface area (Å²) in [6, 6.07) is 7.50. The number of halogens is 1. The minimum atomic E-state index is -3.87. The van der Waals surface area contributed by atoms with Gasteiger partial charge in [0.1, 0.15) is 11.5 Å². The van der Waals surface area contributed by atoms with E-state index in [0.717, 1.165) is 5.56 Å². The Balaban J connectivity index is 1.96. The van der Waals surface area contributed by atoms with Crippen LogP contribution in [0, 0.1) is 0 Å². The van der Waals surface area contributed by atoms with Crippen molar-refractivity contribution < 1.29 is 22.7 Å². The molecule has 0 aromatic heterocycles. The largest absolute Gasteiger partial charge is 0.495 e. The third-order valence-corrected chi connectivity index (χ3v) is 5.66. The molecule has 138 valence electrons. The number of rotatable bonds is 5. The predicted octanol–water partition coefficient (Wildman–Crippen LogP) is 3.04. The molecule has 1 heterocycles. The Hall–Kier alpha value is -2.45. The highest BCUT2D eigenvalue weighted by Gasteiger charge is 2.22. The third-order valence-electron chi connectivity index (χ3n) is 4.00. The van der Waals surface area contributed by atoms with Crippen LogP contribution in [0.25, 0.3) is 0 Å². The van der Waals surface area contributed by atoms with Crippen LogP contribution >= 0.6 is 11.6 Å². The quantitative estimate of drug-likeness (QED) is 0.810. The van der Waals surface area contributed by atoms with E-state index in [1.165, 1.54) is 32.4 Å². The van der Waals surface area contributed by atoms with E-state index in [4.69, 9.17) is 21.1 Å². The zero-order chi connectivity index (χ0) is 18.9. The van der Waals surface area contributed by atoms with Gasteiger partial charge >= 0.3 is 0 Å². The number of methoxy groups -OCH3 is 2. The van der Waals surface area contributed by atoms with E-state index in [9.17, 15) is 13.2 Å². The molecule has 2 aromatic carbocycles. The molecule has 0 bridgehead atoms. The maximum Gasteiger partial charge on any atom is 0.262 e. The fraction of sp³-hybridized carbons (Fsp3) is 0.235. The maximum absolute atomic E-state index is 12.8. The Morgan fingerprint density at radius 2 is 1.81 bits per heavy atom. The second kappa shape index (κ2) is 7.05. The zero-order valence-corrected chi connectivity index (χ0v) is 15.7. The molecule has 7 nitrogen and oxygen atoms in total. The van der Waals surface area contributed by atoms with E-state index in [-0.39, 0.29) is 22.2 Å². The summed E-state index contributed by atoms with van der Waals surface area (Å²) in [5.41, 5.74) is 1.61. The van der Waals surface area contributed by atoms with Crippen LogP contribution in [-0.4, -0.2) is 28.5 Å². The summed E-state index contributed by atoms with van der Waals surface area (Å²) in [5, 5.41) is 3.03. The molecule has 0 saturated carbocycles. The van der Waals surface area contributed by atoms with Gasteiger partial charge in [-0.1, -0.05) is 11.6 Å². The summed E-state index contributed by atoms with van der Waals surface area (Å²) in [5.74, 6) is 0.507. The molecule has 0 spiro atoms. The van der Waals surface area contributed by atoms with Crippen molar-refractivity contribution in [2.24, 2.45) is 0 Å². The molecule has 1 amide bonds. The number of fused-ring (bicyclic) bond motifs is 1. The van der Waals surface area contributed by atoms with Gasteiger partial charge in [0, 0.05) is 24.2 Å². The van der Waals surface area contributed by atoms with Crippen LogP contribution in [0.1, 0.15) is 12.0 Å². The molecule has 0 atom stereocenters. The van der Waals surface area contributed by atoms with Crippen molar-refractivity contribution in [2.75, 3.05) is 24.3 Å². The molecule has 0 radical (unpaired) electrons. The molecular formula is C17H17ClN2O5S. The van der Waals surface area contributed by atoms with Gasteiger partial charge in [-0.25, -0.2) is 8.42 Å². The molecule has 2 aromatic rings. The van der Waals surface area contributed by atoms with Crippen molar-refractivity contribution in [2.45, 2.75) is 17.7 Å². The van der Waals surface area contributed by atoms with Crippen molar-refractivity contribution >= 4 is 38.9 Å². The first kappa shape index (κ1) is 18.3. The second-order valence-corrected chi connectivity index (χ2v) is 7.75. The normalized spacial score (nSPS) is 13.6. The van der Waals surface area contributed by atoms with Gasteiger partial charge in [-0.15, -0.1) is 0 Å². The molecule has 0 saturated heterocycles. The van der Waals surface area contributed by atoms with Gasteiger partial charge in [-0.05, 0) is 30.2 Å². The fourth-order valence-electron chi connectivity index (χ4n) is 2.67. The SMILES string of the molecule is COc1cc(NS(=O)(=O)c2ccc3c(c2)CCC(=O)N3)c(OC)cc1Cl. The highest BCUT2D eigenvalue weighted by Crippen LogP contribution is 2.37. The highest BCUT2D eigenvalue weighted by atomic mass is 35.5. The molecule has 9 heteroatoms. The zero-order valence-electron chi connectivity index (χ0n) is 14.1. The highest BCUT2D eigenvalue weighted by molar-refractivity contribution is 7.92. The summed E-state index contributed by atoms with van der Waals surface area (Å²) in [4.78, 5) is 11.5. The first-order chi connectivity index (χ1) is 12.3. The van der Waals surface area contributed by atoms with Crippen molar-refractivity contribution in [3.63, 3.8) is 0 Å². The Bertz CT molecular complexity index is 975. The molecular weight excluding hydrogens is 380 g/mol. The van der Waals surface area contributed by atoms with Crippen LogP contribution in [0.2, 0.25) is 5.02 Å². The van der Waals surface area contributed by atoms with Crippen molar-refractivity contribution in [3.8, 4) is 11.5 Å². The Morgan fingerprint density at radius 3 is 2.50 bits per heavy atom. The lowest BCUT2D eigenvalue weighted by Crippen LogP contribution is -2.20. The first-order valence-corrected chi connectivity index (χ1v) is 9.57. The molecule has 0 aliphatic carbocycles. The number of benzene rings is 2. The lowest BCUT2D eigenvalue weighted by atomic mass is 10.0. The van der Waals surface area contributed by atoms with Gasteiger partial charge in [-0.2, -0.15) is 0 Å². The standard InChI is InChI=1S/C17H17ClN2O5S/c1-24-15-9-14(16(25-2)8-12(15)18)20-26(22,23)11-4-5-13-10(7-11)3-6-17(21)19-13/h4-5,7-9,20H,3,6H2,1-2H3,(H,19,21). The number of ether oxygens (including phenoxy) is 2. The van der Waals surface area contributed by atoms with Gasteiger partial charge in [0.05, 0.1) is 29.8 Å². The van der Waals surface area contributed by atoms with Crippen molar-refractivity contribution in [1.82, 2.24) is 0 Å². The summed E-state index contributed by atoms with van der Waals surface area (Å²) >= 11 is 6.04. The van der Waals surface area contributed by atoms with Crippen molar-refractivity contribution in [1.29, 1.82) is 0 Å². The second-order valence-electron chi connectivity index (χ2n) is 5.66. The number of sulfonamides is 1. The van der Waals surface area contributed by atoms with Crippen LogP contribution < -0.4 is 19.5 Å². The van der Waals surface area contributed by atoms with Crippen LogP contribution in [0.3, 0.4) is 0 Å². The van der Waals surface area contributed by atoms with Gasteiger partial charge in [0.25, 0.3) is 10.0 Å². The number of hydrogen-bond donors (Lipinski definition) is 2. The summed E-state index contributed by atoms with van der Waals surface area (Å²) < 4.78 is 38.4. The van der Waals surface area contributed by atoms with E-state index in [1.54, 1.807) is 12.1 Å². The number of carbonyl (C=O) groups excluding carboxylic acids is 1. The number of aryl methyl sites for hydroxylation is 1. The topological polar surface area (TPSA) is 93.7 Å². The fourth-order valence-corrected chi connectivity index (χ4v) is 4.01. The van der Waals surface area contributed by atoms with E-state index in [1.807, 2.05) is 0 Å². The predicted molar refractivity (Wildman–Crippen MR) is 98.8 cm³/mol. The molecule has 3 rings (SSSR count). The third kappa shape index (κ3) is 3.56. The van der Waals surface area contributed by atoms with Crippen LogP contribution in [0.5, 0.6) is 11.5 Å². The molecule has 0 fully saturated rings.